The Morgan fingerprint density at radius 3 is 2.48 bits per heavy atom. The lowest BCUT2D eigenvalue weighted by Crippen LogP contribution is -2.32. The van der Waals surface area contributed by atoms with Gasteiger partial charge >= 0.3 is 5.97 Å². The SMILES string of the molecule is CCCN(C(=O)c1ccccc1F)c1nnc(-c2ccc(OCCN(C)CC(=O)O)cc2)s1. The molecule has 0 aliphatic rings. The van der Waals surface area contributed by atoms with Crippen LogP contribution in [0.15, 0.2) is 48.5 Å². The van der Waals surface area contributed by atoms with Crippen LogP contribution in [0, 0.1) is 5.82 Å². The third-order valence-corrected chi connectivity index (χ3v) is 5.69. The first-order chi connectivity index (χ1) is 15.9. The van der Waals surface area contributed by atoms with Gasteiger partial charge in [-0.15, -0.1) is 10.2 Å². The van der Waals surface area contributed by atoms with Gasteiger partial charge in [0.25, 0.3) is 5.91 Å². The smallest absolute Gasteiger partial charge is 0.317 e. The van der Waals surface area contributed by atoms with E-state index in [1.807, 2.05) is 19.1 Å². The minimum Gasteiger partial charge on any atom is -0.492 e. The maximum absolute atomic E-state index is 14.1. The fourth-order valence-electron chi connectivity index (χ4n) is 3.05. The van der Waals surface area contributed by atoms with E-state index in [1.54, 1.807) is 36.2 Å². The van der Waals surface area contributed by atoms with Crippen molar-refractivity contribution in [1.82, 2.24) is 15.1 Å². The Kier molecular flexibility index (Phi) is 8.45. The number of amides is 1. The second kappa shape index (κ2) is 11.5. The average Bonchev–Trinajstić information content (AvgIpc) is 3.27. The molecular weight excluding hydrogens is 447 g/mol. The van der Waals surface area contributed by atoms with Gasteiger partial charge < -0.3 is 9.84 Å². The van der Waals surface area contributed by atoms with E-state index >= 15 is 0 Å². The van der Waals surface area contributed by atoms with Gasteiger partial charge in [0.1, 0.15) is 23.2 Å². The highest BCUT2D eigenvalue weighted by atomic mass is 32.1. The zero-order valence-electron chi connectivity index (χ0n) is 18.4. The number of anilines is 1. The van der Waals surface area contributed by atoms with E-state index in [0.717, 1.165) is 5.56 Å². The Morgan fingerprint density at radius 2 is 1.82 bits per heavy atom. The molecule has 0 aliphatic carbocycles. The zero-order valence-corrected chi connectivity index (χ0v) is 19.2. The fourth-order valence-corrected chi connectivity index (χ4v) is 3.93. The molecular formula is C23H25FN4O4S. The van der Waals surface area contributed by atoms with Crippen LogP contribution in [0.4, 0.5) is 9.52 Å². The summed E-state index contributed by atoms with van der Waals surface area (Å²) in [5.74, 6) is -1.26. The van der Waals surface area contributed by atoms with Gasteiger partial charge in [0.2, 0.25) is 5.13 Å². The minimum absolute atomic E-state index is 0.00167. The zero-order chi connectivity index (χ0) is 23.8. The number of aliphatic carboxylic acids is 1. The molecule has 1 heterocycles. The molecule has 1 N–H and O–H groups in total. The van der Waals surface area contributed by atoms with Gasteiger partial charge in [-0.1, -0.05) is 30.4 Å². The number of ether oxygens (including phenoxy) is 1. The summed E-state index contributed by atoms with van der Waals surface area (Å²) in [5, 5.41) is 18.2. The molecule has 1 amide bonds. The molecule has 0 saturated heterocycles. The normalized spacial score (nSPS) is 10.9. The Labute approximate surface area is 195 Å². The van der Waals surface area contributed by atoms with E-state index < -0.39 is 17.7 Å². The lowest BCUT2D eigenvalue weighted by Gasteiger charge is -2.18. The lowest BCUT2D eigenvalue weighted by atomic mass is 10.2. The molecule has 10 heteroatoms. The maximum Gasteiger partial charge on any atom is 0.317 e. The van der Waals surface area contributed by atoms with Crippen LogP contribution in [0.2, 0.25) is 0 Å². The van der Waals surface area contributed by atoms with Crippen LogP contribution in [0.1, 0.15) is 23.7 Å². The number of carboxylic acids is 1. The number of benzene rings is 2. The summed E-state index contributed by atoms with van der Waals surface area (Å²) in [6, 6.07) is 13.1. The summed E-state index contributed by atoms with van der Waals surface area (Å²) >= 11 is 1.25. The molecule has 0 radical (unpaired) electrons. The first-order valence-corrected chi connectivity index (χ1v) is 11.2. The molecule has 0 saturated carbocycles. The van der Waals surface area contributed by atoms with E-state index in [2.05, 4.69) is 10.2 Å². The van der Waals surface area contributed by atoms with Gasteiger partial charge in [-0.05, 0) is 49.9 Å². The predicted molar refractivity (Wildman–Crippen MR) is 124 cm³/mol. The number of aromatic nitrogens is 2. The van der Waals surface area contributed by atoms with Crippen LogP contribution in [-0.4, -0.2) is 65.4 Å². The number of hydrogen-bond acceptors (Lipinski definition) is 7. The van der Waals surface area contributed by atoms with Crippen molar-refractivity contribution in [2.45, 2.75) is 13.3 Å². The fraction of sp³-hybridized carbons (Fsp3) is 0.304. The van der Waals surface area contributed by atoms with E-state index in [4.69, 9.17) is 9.84 Å². The molecule has 3 aromatic rings. The molecule has 0 bridgehead atoms. The minimum atomic E-state index is -0.883. The molecule has 0 spiro atoms. The Hall–Kier alpha value is -3.37. The Morgan fingerprint density at radius 1 is 1.09 bits per heavy atom. The van der Waals surface area contributed by atoms with Crippen LogP contribution in [-0.2, 0) is 4.79 Å². The maximum atomic E-state index is 14.1. The van der Waals surface area contributed by atoms with Crippen molar-refractivity contribution in [1.29, 1.82) is 0 Å². The molecule has 8 nitrogen and oxygen atoms in total. The lowest BCUT2D eigenvalue weighted by molar-refractivity contribution is -0.138. The van der Waals surface area contributed by atoms with Crippen LogP contribution >= 0.6 is 11.3 Å². The third-order valence-electron chi connectivity index (χ3n) is 4.69. The molecule has 174 valence electrons. The molecule has 0 fully saturated rings. The van der Waals surface area contributed by atoms with Crippen molar-refractivity contribution in [2.24, 2.45) is 0 Å². The van der Waals surface area contributed by atoms with Crippen LogP contribution in [0.5, 0.6) is 5.75 Å². The quantitative estimate of drug-likeness (QED) is 0.454. The molecule has 0 unspecified atom stereocenters. The topological polar surface area (TPSA) is 95.9 Å². The van der Waals surface area contributed by atoms with Crippen LogP contribution in [0.3, 0.4) is 0 Å². The first-order valence-electron chi connectivity index (χ1n) is 10.4. The highest BCUT2D eigenvalue weighted by Crippen LogP contribution is 2.31. The molecule has 2 aromatic carbocycles. The number of halogens is 1. The number of likely N-dealkylation sites (N-methyl/N-ethyl adjacent to an activating group) is 1. The monoisotopic (exact) mass is 472 g/mol. The number of carbonyl (C=O) groups is 2. The van der Waals surface area contributed by atoms with E-state index in [-0.39, 0.29) is 12.1 Å². The van der Waals surface area contributed by atoms with Crippen molar-refractivity contribution in [3.63, 3.8) is 0 Å². The molecule has 3 rings (SSSR count). The molecule has 0 atom stereocenters. The summed E-state index contributed by atoms with van der Waals surface area (Å²) in [6.45, 7) is 3.12. The van der Waals surface area contributed by atoms with Gasteiger partial charge in [-0.2, -0.15) is 0 Å². The largest absolute Gasteiger partial charge is 0.492 e. The molecule has 33 heavy (non-hydrogen) atoms. The summed E-state index contributed by atoms with van der Waals surface area (Å²) < 4.78 is 19.8. The van der Waals surface area contributed by atoms with Crippen molar-refractivity contribution in [3.8, 4) is 16.3 Å². The Bertz CT molecular complexity index is 1090. The van der Waals surface area contributed by atoms with Crippen LogP contribution in [0.25, 0.3) is 10.6 Å². The van der Waals surface area contributed by atoms with E-state index in [0.29, 0.717) is 42.0 Å². The summed E-state index contributed by atoms with van der Waals surface area (Å²) in [6.07, 6.45) is 0.683. The van der Waals surface area contributed by atoms with Crippen LogP contribution < -0.4 is 9.64 Å². The third kappa shape index (κ3) is 6.56. The number of carboxylic acid groups (broad SMARTS) is 1. The van der Waals surface area contributed by atoms with Gasteiger partial charge in [-0.3, -0.25) is 19.4 Å². The molecule has 0 aliphatic heterocycles. The van der Waals surface area contributed by atoms with Crippen molar-refractivity contribution >= 4 is 28.3 Å². The van der Waals surface area contributed by atoms with Gasteiger partial charge in [0.05, 0.1) is 12.1 Å². The van der Waals surface area contributed by atoms with Crippen molar-refractivity contribution in [2.75, 3.05) is 38.2 Å². The van der Waals surface area contributed by atoms with Gasteiger partial charge in [0, 0.05) is 18.7 Å². The number of rotatable bonds is 11. The second-order valence-corrected chi connectivity index (χ2v) is 8.29. The second-order valence-electron chi connectivity index (χ2n) is 7.33. The summed E-state index contributed by atoms with van der Waals surface area (Å²) in [4.78, 5) is 26.7. The highest BCUT2D eigenvalue weighted by molar-refractivity contribution is 7.18. The summed E-state index contributed by atoms with van der Waals surface area (Å²) in [7, 11) is 1.71. The van der Waals surface area contributed by atoms with Gasteiger partial charge in [-0.25, -0.2) is 4.39 Å². The van der Waals surface area contributed by atoms with Gasteiger partial charge in [0.15, 0.2) is 0 Å². The predicted octanol–water partition coefficient (Wildman–Crippen LogP) is 3.80. The number of nitrogens with zero attached hydrogens (tertiary/aromatic N) is 4. The molecule has 1 aromatic heterocycles. The number of hydrogen-bond donors (Lipinski definition) is 1. The van der Waals surface area contributed by atoms with E-state index in [9.17, 15) is 14.0 Å². The first kappa shape index (κ1) is 24.3. The van der Waals surface area contributed by atoms with Crippen molar-refractivity contribution in [3.05, 3.63) is 59.9 Å². The average molecular weight is 473 g/mol. The number of carbonyl (C=O) groups excluding carboxylic acids is 1. The Balaban J connectivity index is 1.67. The summed E-state index contributed by atoms with van der Waals surface area (Å²) in [5.41, 5.74) is 0.807. The standard InChI is InChI=1S/C23H25FN4O4S/c1-3-12-28(22(31)18-6-4-5-7-19(18)24)23-26-25-21(33-23)16-8-10-17(11-9-16)32-14-13-27(2)15-20(29)30/h4-11H,3,12-15H2,1-2H3,(H,29,30). The van der Waals surface area contributed by atoms with E-state index in [1.165, 1.54) is 28.4 Å². The van der Waals surface area contributed by atoms with Crippen molar-refractivity contribution < 1.29 is 23.8 Å². The highest BCUT2D eigenvalue weighted by Gasteiger charge is 2.23.